The van der Waals surface area contributed by atoms with E-state index in [9.17, 15) is 4.79 Å². The summed E-state index contributed by atoms with van der Waals surface area (Å²) in [6.45, 7) is 8.16. The van der Waals surface area contributed by atoms with Crippen LogP contribution in [0, 0.1) is 0 Å². The molecule has 29 heavy (non-hydrogen) atoms. The second-order valence-electron chi connectivity index (χ2n) is 7.16. The lowest BCUT2D eigenvalue weighted by molar-refractivity contribution is 0.0937. The highest BCUT2D eigenvalue weighted by atomic mass is 35.5. The summed E-state index contributed by atoms with van der Waals surface area (Å²) in [7, 11) is 0. The van der Waals surface area contributed by atoms with Gasteiger partial charge in [-0.3, -0.25) is 4.79 Å². The highest BCUT2D eigenvalue weighted by Gasteiger charge is 2.20. The first-order chi connectivity index (χ1) is 13.2. The third-order valence-corrected chi connectivity index (χ3v) is 4.91. The van der Waals surface area contributed by atoms with E-state index in [1.165, 1.54) is 11.0 Å². The average Bonchev–Trinajstić information content (AvgIpc) is 3.10. The van der Waals surface area contributed by atoms with E-state index in [1.807, 2.05) is 19.1 Å². The van der Waals surface area contributed by atoms with Crippen molar-refractivity contribution in [2.45, 2.75) is 43.4 Å². The summed E-state index contributed by atoms with van der Waals surface area (Å²) >= 11 is 7.88. The number of hydrogen-bond acceptors (Lipinski definition) is 6. The molecular weight excluding hydrogens is 428 g/mol. The molecular formula is C19H23ClN6OS2. The number of nitrogens with one attached hydrogen (secondary N) is 1. The summed E-state index contributed by atoms with van der Waals surface area (Å²) in [4.78, 5) is 26.3. The van der Waals surface area contributed by atoms with Gasteiger partial charge in [-0.15, -0.1) is 11.8 Å². The number of amides is 1. The zero-order chi connectivity index (χ0) is 20.3. The molecule has 0 saturated carbocycles. The average molecular weight is 451 g/mol. The fourth-order valence-corrected chi connectivity index (χ4v) is 3.93. The first-order valence-electron chi connectivity index (χ1n) is 8.71. The molecule has 0 aliphatic carbocycles. The van der Waals surface area contributed by atoms with Crippen LogP contribution in [0.3, 0.4) is 0 Å². The van der Waals surface area contributed by atoms with Crippen LogP contribution in [-0.4, -0.2) is 35.4 Å². The minimum Gasteiger partial charge on any atom is -0.342 e. The van der Waals surface area contributed by atoms with Gasteiger partial charge in [0.05, 0.1) is 6.04 Å². The van der Waals surface area contributed by atoms with Crippen molar-refractivity contribution in [2.24, 2.45) is 0 Å². The SMILES string of the molecule is C[C@@H](NC(=O)c1cc(Cl)cc(SC(C)(C)C)c1)c1ncnn1-c1ncccn1.S. The monoisotopic (exact) mass is 450 g/mol. The quantitative estimate of drug-likeness (QED) is 0.586. The van der Waals surface area contributed by atoms with Gasteiger partial charge in [-0.1, -0.05) is 32.4 Å². The number of carbonyl (C=O) groups is 1. The molecule has 3 aromatic rings. The first-order valence-corrected chi connectivity index (χ1v) is 9.90. The second-order valence-corrected chi connectivity index (χ2v) is 9.50. The molecule has 2 aromatic heterocycles. The van der Waals surface area contributed by atoms with Crippen LogP contribution < -0.4 is 5.32 Å². The number of nitrogens with zero attached hydrogens (tertiary/aromatic N) is 5. The Hall–Kier alpha value is -2.10. The van der Waals surface area contributed by atoms with E-state index in [-0.39, 0.29) is 24.1 Å². The van der Waals surface area contributed by atoms with Gasteiger partial charge in [0.2, 0.25) is 0 Å². The number of halogens is 1. The van der Waals surface area contributed by atoms with Gasteiger partial charge < -0.3 is 5.32 Å². The van der Waals surface area contributed by atoms with Crippen molar-refractivity contribution in [3.05, 3.63) is 59.4 Å². The van der Waals surface area contributed by atoms with E-state index in [0.29, 0.717) is 22.4 Å². The molecule has 2 heterocycles. The van der Waals surface area contributed by atoms with Crippen LogP contribution >= 0.6 is 36.9 Å². The highest BCUT2D eigenvalue weighted by Crippen LogP contribution is 2.34. The molecule has 154 valence electrons. The minimum absolute atomic E-state index is 0. The smallest absolute Gasteiger partial charge is 0.252 e. The maximum atomic E-state index is 12.8. The number of benzene rings is 1. The summed E-state index contributed by atoms with van der Waals surface area (Å²) in [5, 5.41) is 7.62. The van der Waals surface area contributed by atoms with Crippen molar-refractivity contribution in [1.29, 1.82) is 0 Å². The van der Waals surface area contributed by atoms with E-state index in [1.54, 1.807) is 36.3 Å². The fourth-order valence-electron chi connectivity index (χ4n) is 2.55. The molecule has 0 aliphatic rings. The topological polar surface area (TPSA) is 85.6 Å². The van der Waals surface area contributed by atoms with Crippen LogP contribution in [0.2, 0.25) is 5.02 Å². The van der Waals surface area contributed by atoms with Crippen LogP contribution in [0.25, 0.3) is 5.95 Å². The molecule has 0 spiro atoms. The Morgan fingerprint density at radius 3 is 2.52 bits per heavy atom. The molecule has 1 N–H and O–H groups in total. The van der Waals surface area contributed by atoms with Crippen LogP contribution in [0.4, 0.5) is 0 Å². The molecule has 1 aromatic carbocycles. The van der Waals surface area contributed by atoms with Gasteiger partial charge in [0, 0.05) is 32.6 Å². The third kappa shape index (κ3) is 6.19. The lowest BCUT2D eigenvalue weighted by Crippen LogP contribution is -2.29. The van der Waals surface area contributed by atoms with Crippen LogP contribution in [0.5, 0.6) is 0 Å². The summed E-state index contributed by atoms with van der Waals surface area (Å²) in [5.41, 5.74) is 0.494. The molecule has 1 amide bonds. The van der Waals surface area contributed by atoms with Crippen LogP contribution in [0.1, 0.15) is 49.9 Å². The Bertz CT molecular complexity index is 974. The summed E-state index contributed by atoms with van der Waals surface area (Å²) in [6, 6.07) is 6.67. The molecule has 0 aliphatic heterocycles. The summed E-state index contributed by atoms with van der Waals surface area (Å²) in [5.74, 6) is 0.683. The fraction of sp³-hybridized carbons (Fsp3) is 0.316. The standard InChI is InChI=1S/C19H21ClN6OS.H2S/c1-12(16-23-11-24-26(16)18-21-6-5-7-22-18)25-17(27)13-8-14(20)10-15(9-13)28-19(2,3)4;/h5-12H,1-4H3,(H,25,27);1H2/t12-;/m1./s1. The summed E-state index contributed by atoms with van der Waals surface area (Å²) < 4.78 is 1.52. The number of hydrogen-bond donors (Lipinski definition) is 1. The van der Waals surface area contributed by atoms with E-state index in [0.717, 1.165) is 4.90 Å². The lowest BCUT2D eigenvalue weighted by Gasteiger charge is -2.19. The molecule has 0 unspecified atom stereocenters. The Morgan fingerprint density at radius 1 is 1.17 bits per heavy atom. The number of rotatable bonds is 5. The van der Waals surface area contributed by atoms with Crippen LogP contribution in [-0.2, 0) is 0 Å². The second kappa shape index (κ2) is 9.60. The molecule has 3 rings (SSSR count). The molecule has 0 saturated heterocycles. The van der Waals surface area contributed by atoms with Gasteiger partial charge in [0.1, 0.15) is 6.33 Å². The van der Waals surface area contributed by atoms with Gasteiger partial charge in [-0.25, -0.2) is 15.0 Å². The highest BCUT2D eigenvalue weighted by molar-refractivity contribution is 8.00. The van der Waals surface area contributed by atoms with Gasteiger partial charge in [0.25, 0.3) is 11.9 Å². The number of aromatic nitrogens is 5. The Labute approximate surface area is 186 Å². The van der Waals surface area contributed by atoms with E-state index in [2.05, 4.69) is 46.1 Å². The summed E-state index contributed by atoms with van der Waals surface area (Å²) in [6.07, 6.45) is 4.65. The van der Waals surface area contributed by atoms with Gasteiger partial charge in [-0.2, -0.15) is 23.3 Å². The maximum absolute atomic E-state index is 12.8. The van der Waals surface area contributed by atoms with Crippen molar-refractivity contribution < 1.29 is 4.79 Å². The van der Waals surface area contributed by atoms with Crippen molar-refractivity contribution in [3.63, 3.8) is 0 Å². The van der Waals surface area contributed by atoms with E-state index < -0.39 is 6.04 Å². The van der Waals surface area contributed by atoms with Crippen molar-refractivity contribution in [1.82, 2.24) is 30.0 Å². The van der Waals surface area contributed by atoms with Gasteiger partial charge in [-0.05, 0) is 31.2 Å². The Morgan fingerprint density at radius 2 is 1.86 bits per heavy atom. The molecule has 10 heteroatoms. The van der Waals surface area contributed by atoms with E-state index in [4.69, 9.17) is 11.6 Å². The molecule has 1 atom stereocenters. The lowest BCUT2D eigenvalue weighted by atomic mass is 10.2. The predicted molar refractivity (Wildman–Crippen MR) is 120 cm³/mol. The van der Waals surface area contributed by atoms with Crippen molar-refractivity contribution in [3.8, 4) is 5.95 Å². The van der Waals surface area contributed by atoms with Gasteiger partial charge in [0.15, 0.2) is 5.82 Å². The zero-order valence-corrected chi connectivity index (χ0v) is 19.1. The van der Waals surface area contributed by atoms with E-state index >= 15 is 0 Å². The Balaban J connectivity index is 0.00000300. The zero-order valence-electron chi connectivity index (χ0n) is 16.5. The predicted octanol–water partition coefficient (Wildman–Crippen LogP) is 4.21. The molecule has 0 bridgehead atoms. The largest absolute Gasteiger partial charge is 0.342 e. The molecule has 0 fully saturated rings. The number of carbonyl (C=O) groups excluding carboxylic acids is 1. The third-order valence-electron chi connectivity index (χ3n) is 3.61. The van der Waals surface area contributed by atoms with Crippen molar-refractivity contribution >= 4 is 42.8 Å². The van der Waals surface area contributed by atoms with Crippen LogP contribution in [0.15, 0.2) is 47.9 Å². The first kappa shape index (κ1) is 23.2. The molecule has 7 nitrogen and oxygen atoms in total. The van der Waals surface area contributed by atoms with Gasteiger partial charge >= 0.3 is 0 Å². The Kier molecular flexibility index (Phi) is 7.67. The number of thioether (sulfide) groups is 1. The molecule has 0 radical (unpaired) electrons. The maximum Gasteiger partial charge on any atom is 0.252 e. The minimum atomic E-state index is -0.406. The van der Waals surface area contributed by atoms with Crippen molar-refractivity contribution in [2.75, 3.05) is 0 Å². The normalized spacial score (nSPS) is 12.2.